The van der Waals surface area contributed by atoms with Crippen LogP contribution in [0.15, 0.2) is 30.3 Å². The van der Waals surface area contributed by atoms with E-state index in [1.807, 2.05) is 23.1 Å². The molecule has 0 unspecified atom stereocenters. The molecule has 1 fully saturated rings. The second-order valence-corrected chi connectivity index (χ2v) is 7.37. The second-order valence-electron chi connectivity index (χ2n) is 7.37. The topological polar surface area (TPSA) is 49.4 Å². The number of likely N-dealkylation sites (tertiary alicyclic amines) is 1. The molecule has 2 amide bonds. The summed E-state index contributed by atoms with van der Waals surface area (Å²) in [6, 6.07) is 10.3. The highest BCUT2D eigenvalue weighted by atomic mass is 16.2. The van der Waals surface area contributed by atoms with E-state index >= 15 is 0 Å². The van der Waals surface area contributed by atoms with Gasteiger partial charge in [0.05, 0.1) is 0 Å². The van der Waals surface area contributed by atoms with E-state index in [0.717, 1.165) is 45.2 Å². The van der Waals surface area contributed by atoms with Crippen LogP contribution in [0.1, 0.15) is 70.3 Å². The van der Waals surface area contributed by atoms with Crippen LogP contribution >= 0.6 is 0 Å². The minimum absolute atomic E-state index is 0.120. The van der Waals surface area contributed by atoms with Gasteiger partial charge < -0.3 is 10.2 Å². The predicted octanol–water partition coefficient (Wildman–Crippen LogP) is 4.09. The number of unbranched alkanes of at least 4 members (excludes halogenated alkanes) is 4. The van der Waals surface area contributed by atoms with Crippen molar-refractivity contribution in [3.63, 3.8) is 0 Å². The van der Waals surface area contributed by atoms with Gasteiger partial charge in [-0.05, 0) is 31.2 Å². The van der Waals surface area contributed by atoms with Crippen molar-refractivity contribution in [3.8, 4) is 0 Å². The molecule has 4 heteroatoms. The Hall–Kier alpha value is -1.84. The summed E-state index contributed by atoms with van der Waals surface area (Å²) in [4.78, 5) is 26.4. The number of hydrogen-bond donors (Lipinski definition) is 1. The lowest BCUT2D eigenvalue weighted by Crippen LogP contribution is -2.46. The van der Waals surface area contributed by atoms with Gasteiger partial charge in [-0.3, -0.25) is 9.59 Å². The molecule has 1 aliphatic rings. The Bertz CT molecular complexity index is 536. The third-order valence-corrected chi connectivity index (χ3v) is 5.19. The molecule has 1 aliphatic heterocycles. The number of rotatable bonds is 10. The van der Waals surface area contributed by atoms with E-state index in [1.165, 1.54) is 24.8 Å². The third kappa shape index (κ3) is 7.59. The highest BCUT2D eigenvalue weighted by molar-refractivity contribution is 5.77. The molecule has 1 aromatic rings. The zero-order valence-corrected chi connectivity index (χ0v) is 16.2. The summed E-state index contributed by atoms with van der Waals surface area (Å²) in [5.74, 6) is 0.407. The molecule has 1 aromatic carbocycles. The number of carbonyl (C=O) groups is 2. The van der Waals surface area contributed by atoms with Gasteiger partial charge >= 0.3 is 0 Å². The van der Waals surface area contributed by atoms with Gasteiger partial charge in [-0.2, -0.15) is 0 Å². The van der Waals surface area contributed by atoms with Gasteiger partial charge in [0.15, 0.2) is 0 Å². The van der Waals surface area contributed by atoms with Gasteiger partial charge in [0.1, 0.15) is 0 Å². The number of carbonyl (C=O) groups excluding carboxylic acids is 2. The van der Waals surface area contributed by atoms with Crippen LogP contribution in [0.3, 0.4) is 0 Å². The molecule has 1 saturated heterocycles. The average molecular weight is 359 g/mol. The van der Waals surface area contributed by atoms with Gasteiger partial charge in [0, 0.05) is 32.0 Å². The van der Waals surface area contributed by atoms with Crippen molar-refractivity contribution in [2.24, 2.45) is 0 Å². The van der Waals surface area contributed by atoms with Crippen molar-refractivity contribution >= 4 is 11.8 Å². The largest absolute Gasteiger partial charge is 0.353 e. The molecule has 0 bridgehead atoms. The molecule has 0 atom stereocenters. The molecule has 0 saturated carbocycles. The average Bonchev–Trinajstić information content (AvgIpc) is 2.67. The van der Waals surface area contributed by atoms with Crippen LogP contribution in [0.4, 0.5) is 0 Å². The molecule has 0 radical (unpaired) electrons. The third-order valence-electron chi connectivity index (χ3n) is 5.19. The van der Waals surface area contributed by atoms with Crippen molar-refractivity contribution in [2.45, 2.75) is 77.2 Å². The fourth-order valence-electron chi connectivity index (χ4n) is 3.51. The molecule has 2 rings (SSSR count). The van der Waals surface area contributed by atoms with Crippen LogP contribution in [0.25, 0.3) is 0 Å². The summed E-state index contributed by atoms with van der Waals surface area (Å²) in [6.45, 7) is 3.75. The maximum absolute atomic E-state index is 12.3. The molecular formula is C22H34N2O2. The number of nitrogens with zero attached hydrogens (tertiary/aromatic N) is 1. The van der Waals surface area contributed by atoms with Crippen molar-refractivity contribution in [2.75, 3.05) is 13.1 Å². The standard InChI is InChI=1S/C22H34N2O2/c1-2-3-4-5-9-12-22(26)24-17-15-20(16-18-24)23-21(25)14-13-19-10-7-6-8-11-19/h6-8,10-11,20H,2-5,9,12-18H2,1H3,(H,23,25). The first-order chi connectivity index (χ1) is 12.7. The lowest BCUT2D eigenvalue weighted by Gasteiger charge is -2.32. The number of piperidine rings is 1. The summed E-state index contributed by atoms with van der Waals surface area (Å²) in [7, 11) is 0. The highest BCUT2D eigenvalue weighted by Gasteiger charge is 2.23. The Kier molecular flexibility index (Phi) is 9.22. The Labute approximate surface area is 158 Å². The maximum atomic E-state index is 12.3. The molecule has 1 N–H and O–H groups in total. The van der Waals surface area contributed by atoms with Gasteiger partial charge in [0.2, 0.25) is 11.8 Å². The van der Waals surface area contributed by atoms with Crippen LogP contribution in [0.5, 0.6) is 0 Å². The monoisotopic (exact) mass is 358 g/mol. The Morgan fingerprint density at radius 1 is 1.00 bits per heavy atom. The van der Waals surface area contributed by atoms with Crippen molar-refractivity contribution in [1.29, 1.82) is 0 Å². The van der Waals surface area contributed by atoms with Crippen LogP contribution in [0.2, 0.25) is 0 Å². The second kappa shape index (κ2) is 11.7. The number of aryl methyl sites for hydroxylation is 1. The molecule has 0 aliphatic carbocycles. The lowest BCUT2D eigenvalue weighted by molar-refractivity contribution is -0.132. The first-order valence-corrected chi connectivity index (χ1v) is 10.3. The maximum Gasteiger partial charge on any atom is 0.222 e. The summed E-state index contributed by atoms with van der Waals surface area (Å²) < 4.78 is 0. The van der Waals surface area contributed by atoms with E-state index < -0.39 is 0 Å². The van der Waals surface area contributed by atoms with Gasteiger partial charge in [-0.15, -0.1) is 0 Å². The van der Waals surface area contributed by atoms with Crippen LogP contribution < -0.4 is 5.32 Å². The molecule has 26 heavy (non-hydrogen) atoms. The number of nitrogens with one attached hydrogen (secondary N) is 1. The van der Waals surface area contributed by atoms with E-state index in [2.05, 4.69) is 24.4 Å². The highest BCUT2D eigenvalue weighted by Crippen LogP contribution is 2.14. The van der Waals surface area contributed by atoms with Gasteiger partial charge in [0.25, 0.3) is 0 Å². The van der Waals surface area contributed by atoms with Crippen LogP contribution in [-0.4, -0.2) is 35.8 Å². The molecular weight excluding hydrogens is 324 g/mol. The minimum Gasteiger partial charge on any atom is -0.353 e. The predicted molar refractivity (Wildman–Crippen MR) is 106 cm³/mol. The number of amides is 2. The smallest absolute Gasteiger partial charge is 0.222 e. The van der Waals surface area contributed by atoms with E-state index in [1.54, 1.807) is 0 Å². The van der Waals surface area contributed by atoms with Crippen molar-refractivity contribution in [1.82, 2.24) is 10.2 Å². The first-order valence-electron chi connectivity index (χ1n) is 10.3. The molecule has 144 valence electrons. The lowest BCUT2D eigenvalue weighted by atomic mass is 10.0. The normalized spacial score (nSPS) is 15.0. The summed E-state index contributed by atoms with van der Waals surface area (Å²) in [5.41, 5.74) is 1.20. The Balaban J connectivity index is 1.58. The quantitative estimate of drug-likeness (QED) is 0.641. The minimum atomic E-state index is 0.120. The van der Waals surface area contributed by atoms with Gasteiger partial charge in [-0.1, -0.05) is 62.9 Å². The zero-order valence-electron chi connectivity index (χ0n) is 16.2. The van der Waals surface area contributed by atoms with E-state index in [4.69, 9.17) is 0 Å². The first kappa shape index (κ1) is 20.5. The van der Waals surface area contributed by atoms with Crippen molar-refractivity contribution in [3.05, 3.63) is 35.9 Å². The van der Waals surface area contributed by atoms with E-state index in [9.17, 15) is 9.59 Å². The van der Waals surface area contributed by atoms with E-state index in [0.29, 0.717) is 12.8 Å². The molecule has 4 nitrogen and oxygen atoms in total. The number of benzene rings is 1. The summed E-state index contributed by atoms with van der Waals surface area (Å²) in [5, 5.41) is 3.14. The molecule has 0 spiro atoms. The Morgan fingerprint density at radius 2 is 1.69 bits per heavy atom. The SMILES string of the molecule is CCCCCCCC(=O)N1CCC(NC(=O)CCc2ccccc2)CC1. The summed E-state index contributed by atoms with van der Waals surface area (Å²) >= 11 is 0. The fourth-order valence-corrected chi connectivity index (χ4v) is 3.51. The fraction of sp³-hybridized carbons (Fsp3) is 0.636. The van der Waals surface area contributed by atoms with E-state index in [-0.39, 0.29) is 17.9 Å². The summed E-state index contributed by atoms with van der Waals surface area (Å²) in [6.07, 6.45) is 9.64. The Morgan fingerprint density at radius 3 is 2.38 bits per heavy atom. The molecule has 0 aromatic heterocycles. The number of hydrogen-bond acceptors (Lipinski definition) is 2. The molecule has 1 heterocycles. The van der Waals surface area contributed by atoms with Crippen molar-refractivity contribution < 1.29 is 9.59 Å². The van der Waals surface area contributed by atoms with Gasteiger partial charge in [-0.25, -0.2) is 0 Å². The zero-order chi connectivity index (χ0) is 18.6. The van der Waals surface area contributed by atoms with Crippen LogP contribution in [-0.2, 0) is 16.0 Å². The van der Waals surface area contributed by atoms with Crippen LogP contribution in [0, 0.1) is 0 Å².